The molecule has 4 fully saturated rings. The average molecular weight is 291 g/mol. The van der Waals surface area contributed by atoms with E-state index in [4.69, 9.17) is 0 Å². The smallest absolute Gasteiger partial charge is 0.0618 e. The molecule has 4 aliphatic carbocycles. The van der Waals surface area contributed by atoms with Gasteiger partial charge in [-0.3, -0.25) is 0 Å². The molecular formula is C20H23N2+. The highest BCUT2D eigenvalue weighted by Gasteiger charge is 2.52. The highest BCUT2D eigenvalue weighted by atomic mass is 15.3. The van der Waals surface area contributed by atoms with Crippen LogP contribution in [-0.4, -0.2) is 5.10 Å². The summed E-state index contributed by atoms with van der Waals surface area (Å²) in [6.45, 7) is 0. The lowest BCUT2D eigenvalue weighted by atomic mass is 9.48. The van der Waals surface area contributed by atoms with Crippen molar-refractivity contribution in [2.45, 2.75) is 43.9 Å². The van der Waals surface area contributed by atoms with Gasteiger partial charge in [-0.15, -0.1) is 0 Å². The summed E-state index contributed by atoms with van der Waals surface area (Å²) < 4.78 is 2.06. The highest BCUT2D eigenvalue weighted by molar-refractivity contribution is 5.26. The van der Waals surface area contributed by atoms with E-state index < -0.39 is 0 Å². The van der Waals surface area contributed by atoms with Gasteiger partial charge in [0.25, 0.3) is 0 Å². The quantitative estimate of drug-likeness (QED) is 0.769. The van der Waals surface area contributed by atoms with Gasteiger partial charge in [0.15, 0.2) is 0 Å². The second-order valence-corrected chi connectivity index (χ2v) is 7.89. The van der Waals surface area contributed by atoms with E-state index >= 15 is 0 Å². The number of aromatic nitrogens is 2. The zero-order chi connectivity index (χ0) is 14.6. The molecule has 2 aromatic rings. The second kappa shape index (κ2) is 4.65. The van der Waals surface area contributed by atoms with Crippen LogP contribution >= 0.6 is 0 Å². The summed E-state index contributed by atoms with van der Waals surface area (Å²) in [5.41, 5.74) is 3.15. The molecule has 2 nitrogen and oxygen atoms in total. The molecule has 0 aliphatic heterocycles. The predicted molar refractivity (Wildman–Crippen MR) is 85.6 cm³/mol. The van der Waals surface area contributed by atoms with E-state index in [0.717, 1.165) is 23.4 Å². The molecule has 2 heteroatoms. The minimum atomic E-state index is 0.453. The van der Waals surface area contributed by atoms with Crippen molar-refractivity contribution in [3.8, 4) is 5.69 Å². The van der Waals surface area contributed by atoms with Gasteiger partial charge in [-0.1, -0.05) is 22.9 Å². The maximum atomic E-state index is 4.55. The zero-order valence-corrected chi connectivity index (χ0v) is 13.0. The van der Waals surface area contributed by atoms with Crippen LogP contribution in [0.3, 0.4) is 0 Å². The van der Waals surface area contributed by atoms with Gasteiger partial charge in [0.05, 0.1) is 6.20 Å². The number of rotatable bonds is 2. The van der Waals surface area contributed by atoms with Gasteiger partial charge in [0.1, 0.15) is 0 Å². The monoisotopic (exact) mass is 291 g/mol. The van der Waals surface area contributed by atoms with Crippen molar-refractivity contribution in [2.24, 2.45) is 17.8 Å². The molecule has 112 valence electrons. The first-order valence-electron chi connectivity index (χ1n) is 8.75. The third-order valence-electron chi connectivity index (χ3n) is 6.38. The fourth-order valence-corrected chi connectivity index (χ4v) is 5.89. The summed E-state index contributed by atoms with van der Waals surface area (Å²) in [4.78, 5) is 0. The van der Waals surface area contributed by atoms with Crippen molar-refractivity contribution in [3.05, 3.63) is 54.4 Å². The van der Waals surface area contributed by atoms with Crippen LogP contribution < -0.4 is 4.68 Å². The van der Waals surface area contributed by atoms with Crippen molar-refractivity contribution in [1.82, 2.24) is 5.10 Å². The molecule has 1 heterocycles. The van der Waals surface area contributed by atoms with E-state index in [0.29, 0.717) is 5.41 Å². The van der Waals surface area contributed by atoms with Gasteiger partial charge in [0, 0.05) is 23.1 Å². The van der Waals surface area contributed by atoms with Crippen molar-refractivity contribution in [1.29, 1.82) is 0 Å². The van der Waals surface area contributed by atoms with Crippen molar-refractivity contribution >= 4 is 0 Å². The Morgan fingerprint density at radius 3 is 2.14 bits per heavy atom. The Morgan fingerprint density at radius 2 is 1.50 bits per heavy atom. The van der Waals surface area contributed by atoms with E-state index in [1.54, 1.807) is 0 Å². The van der Waals surface area contributed by atoms with Crippen LogP contribution in [0.5, 0.6) is 0 Å². The molecule has 0 spiro atoms. The van der Waals surface area contributed by atoms with E-state index in [1.165, 1.54) is 44.1 Å². The predicted octanol–water partition coefficient (Wildman–Crippen LogP) is 3.83. The van der Waals surface area contributed by atoms with Crippen LogP contribution in [0.1, 0.15) is 44.1 Å². The Bertz CT molecular complexity index is 657. The summed E-state index contributed by atoms with van der Waals surface area (Å²) in [6, 6.07) is 12.8. The molecule has 4 aliphatic rings. The number of hydrogen-bond acceptors (Lipinski definition) is 1. The molecule has 4 bridgehead atoms. The summed E-state index contributed by atoms with van der Waals surface area (Å²) in [5.74, 6) is 2.97. The summed E-state index contributed by atoms with van der Waals surface area (Å²) in [6.07, 6.45) is 13.1. The minimum absolute atomic E-state index is 0.453. The van der Waals surface area contributed by atoms with Crippen LogP contribution in [0.4, 0.5) is 0 Å². The largest absolute Gasteiger partial charge is 0.238 e. The second-order valence-electron chi connectivity index (χ2n) is 7.89. The third kappa shape index (κ3) is 1.93. The van der Waals surface area contributed by atoms with Gasteiger partial charge in [-0.25, -0.2) is 0 Å². The number of para-hydroxylation sites is 1. The summed E-state index contributed by atoms with van der Waals surface area (Å²) in [7, 11) is 0. The van der Waals surface area contributed by atoms with Gasteiger partial charge < -0.3 is 0 Å². The highest BCUT2D eigenvalue weighted by Crippen LogP contribution is 2.60. The molecule has 0 radical (unpaired) electrons. The molecule has 0 amide bonds. The molecular weight excluding hydrogens is 268 g/mol. The van der Waals surface area contributed by atoms with E-state index in [1.807, 2.05) is 6.20 Å². The minimum Gasteiger partial charge on any atom is -0.0618 e. The van der Waals surface area contributed by atoms with E-state index in [2.05, 4.69) is 52.4 Å². The topological polar surface area (TPSA) is 16.8 Å². The first-order valence-corrected chi connectivity index (χ1v) is 8.75. The summed E-state index contributed by atoms with van der Waals surface area (Å²) >= 11 is 0. The lowest BCUT2D eigenvalue weighted by Crippen LogP contribution is -2.49. The molecule has 4 saturated carbocycles. The van der Waals surface area contributed by atoms with Gasteiger partial charge in [-0.2, -0.15) is 0 Å². The van der Waals surface area contributed by atoms with Crippen LogP contribution in [0, 0.1) is 17.8 Å². The molecule has 0 unspecified atom stereocenters. The Morgan fingerprint density at radius 1 is 0.864 bits per heavy atom. The Labute approximate surface area is 132 Å². The van der Waals surface area contributed by atoms with Crippen molar-refractivity contribution < 1.29 is 4.68 Å². The summed E-state index contributed by atoms with van der Waals surface area (Å²) in [5, 5.41) is 4.55. The number of hydrogen-bond donors (Lipinski definition) is 0. The van der Waals surface area contributed by atoms with Crippen LogP contribution in [0.2, 0.25) is 0 Å². The first kappa shape index (κ1) is 12.8. The van der Waals surface area contributed by atoms with Crippen LogP contribution in [-0.2, 0) is 5.41 Å². The van der Waals surface area contributed by atoms with Crippen molar-refractivity contribution in [3.63, 3.8) is 0 Å². The maximum absolute atomic E-state index is 4.55. The zero-order valence-electron chi connectivity index (χ0n) is 13.0. The molecule has 1 aromatic carbocycles. The molecule has 6 rings (SSSR count). The fourth-order valence-electron chi connectivity index (χ4n) is 5.89. The third-order valence-corrected chi connectivity index (χ3v) is 6.38. The standard InChI is InChI=1S/C20H23N2/c1-2-4-19(5-3-1)22-14-18(6-7-21-22)20-11-15-8-16(12-20)10-17(9-15)13-20/h1-7,14-17H,8-13H2/q+1. The lowest BCUT2D eigenvalue weighted by Gasteiger charge is -2.56. The Balaban J connectivity index is 1.56. The van der Waals surface area contributed by atoms with Crippen LogP contribution in [0.15, 0.2) is 48.8 Å². The average Bonchev–Trinajstić information content (AvgIpc) is 2.55. The molecule has 22 heavy (non-hydrogen) atoms. The van der Waals surface area contributed by atoms with Crippen molar-refractivity contribution in [2.75, 3.05) is 0 Å². The Hall–Kier alpha value is -1.70. The van der Waals surface area contributed by atoms with E-state index in [9.17, 15) is 0 Å². The van der Waals surface area contributed by atoms with Gasteiger partial charge in [-0.05, 0) is 67.4 Å². The Kier molecular flexibility index (Phi) is 2.70. The van der Waals surface area contributed by atoms with Gasteiger partial charge >= 0.3 is 0 Å². The first-order chi connectivity index (χ1) is 10.8. The normalized spacial score (nSPS) is 35.7. The SMILES string of the molecule is c1ccc(-[n+]2cc(C34CC5CC(CC(C5)C3)C4)ccn2)cc1. The maximum Gasteiger partial charge on any atom is 0.238 e. The van der Waals surface area contributed by atoms with Crippen LogP contribution in [0.25, 0.3) is 5.69 Å². The fraction of sp³-hybridized carbons (Fsp3) is 0.500. The molecule has 0 N–H and O–H groups in total. The van der Waals surface area contributed by atoms with Gasteiger partial charge in [0.2, 0.25) is 11.9 Å². The lowest BCUT2D eigenvalue weighted by molar-refractivity contribution is -0.660. The number of benzene rings is 1. The number of nitrogens with zero attached hydrogens (tertiary/aromatic N) is 2. The molecule has 0 saturated heterocycles. The molecule has 1 aromatic heterocycles. The molecule has 0 atom stereocenters. The van der Waals surface area contributed by atoms with E-state index in [-0.39, 0.29) is 0 Å².